The Kier molecular flexibility index (Phi) is 6.40. The van der Waals surface area contributed by atoms with Gasteiger partial charge in [-0.2, -0.15) is 10.4 Å². The minimum atomic E-state index is -0.752. The molecule has 0 radical (unpaired) electrons. The molecule has 2 saturated heterocycles. The highest BCUT2D eigenvalue weighted by Gasteiger charge is 2.34. The third-order valence-electron chi connectivity index (χ3n) is 7.22. The molecular formula is C25H30ClN7O2. The van der Waals surface area contributed by atoms with Crippen molar-refractivity contribution in [2.45, 2.75) is 57.2 Å². The fraction of sp³-hybridized carbons (Fsp3) is 0.520. The molecule has 4 heterocycles. The van der Waals surface area contributed by atoms with E-state index >= 15 is 0 Å². The standard InChI is InChI=1S/C25H30ClN7O2/c1-15-21(11-29-33(15)25(2,3)14-27)31-24-28-10-17-8-19(26)18(9-20(17)30-24)16-4-6-32(7-5-16)22-12-35-13-23(22)34/h8-11,16,22-23,34H,4-7,12-13H2,1-3H3,(H,28,30,31)/t22-,23?/m1/s1. The number of benzene rings is 1. The van der Waals surface area contributed by atoms with Gasteiger partial charge in [0, 0.05) is 16.6 Å². The number of halogens is 1. The molecule has 2 aliphatic rings. The summed E-state index contributed by atoms with van der Waals surface area (Å²) in [7, 11) is 0. The Hall–Kier alpha value is -2.77. The fourth-order valence-electron chi connectivity index (χ4n) is 5.13. The Bertz CT molecular complexity index is 1280. The van der Waals surface area contributed by atoms with Crippen molar-refractivity contribution in [3.8, 4) is 6.07 Å². The minimum Gasteiger partial charge on any atom is -0.389 e. The summed E-state index contributed by atoms with van der Waals surface area (Å²) >= 11 is 6.69. The SMILES string of the molecule is Cc1c(Nc2ncc3cc(Cl)c(C4CCN([C@@H]5COCC5O)CC4)cc3n2)cnn1C(C)(C)C#N. The van der Waals surface area contributed by atoms with E-state index in [2.05, 4.69) is 32.4 Å². The number of nitriles is 1. The number of nitrogens with one attached hydrogen (secondary N) is 1. The van der Waals surface area contributed by atoms with Crippen LogP contribution in [0.4, 0.5) is 11.6 Å². The van der Waals surface area contributed by atoms with Crippen molar-refractivity contribution in [2.24, 2.45) is 0 Å². The van der Waals surface area contributed by atoms with Crippen molar-refractivity contribution in [1.29, 1.82) is 5.26 Å². The van der Waals surface area contributed by atoms with Gasteiger partial charge < -0.3 is 15.2 Å². The van der Waals surface area contributed by atoms with Gasteiger partial charge in [-0.05, 0) is 70.3 Å². The van der Waals surface area contributed by atoms with Gasteiger partial charge in [0.15, 0.2) is 0 Å². The number of piperidine rings is 1. The van der Waals surface area contributed by atoms with Crippen LogP contribution in [0.2, 0.25) is 5.02 Å². The Balaban J connectivity index is 1.35. The summed E-state index contributed by atoms with van der Waals surface area (Å²) in [6, 6.07) is 6.38. The third-order valence-corrected chi connectivity index (χ3v) is 7.54. The molecule has 0 aliphatic carbocycles. The first-order valence-corrected chi connectivity index (χ1v) is 12.3. The Morgan fingerprint density at radius 3 is 2.69 bits per heavy atom. The minimum absolute atomic E-state index is 0.0935. The predicted molar refractivity (Wildman–Crippen MR) is 134 cm³/mol. The van der Waals surface area contributed by atoms with Gasteiger partial charge in [-0.3, -0.25) is 4.90 Å². The Morgan fingerprint density at radius 2 is 2.00 bits per heavy atom. The second-order valence-electron chi connectivity index (χ2n) is 9.96. The second kappa shape index (κ2) is 9.36. The van der Waals surface area contributed by atoms with Crippen LogP contribution in [0.5, 0.6) is 0 Å². The molecule has 2 fully saturated rings. The van der Waals surface area contributed by atoms with Crippen LogP contribution >= 0.6 is 11.6 Å². The van der Waals surface area contributed by atoms with Crippen molar-refractivity contribution in [2.75, 3.05) is 31.6 Å². The molecule has 35 heavy (non-hydrogen) atoms. The van der Waals surface area contributed by atoms with Gasteiger partial charge in [-0.15, -0.1) is 0 Å². The molecule has 184 valence electrons. The topological polar surface area (TPSA) is 112 Å². The third kappa shape index (κ3) is 4.59. The summed E-state index contributed by atoms with van der Waals surface area (Å²) in [5.74, 6) is 0.802. The van der Waals surface area contributed by atoms with E-state index in [1.165, 1.54) is 0 Å². The normalized spacial score (nSPS) is 21.9. The van der Waals surface area contributed by atoms with Gasteiger partial charge >= 0.3 is 0 Å². The monoisotopic (exact) mass is 495 g/mol. The van der Waals surface area contributed by atoms with E-state index < -0.39 is 11.6 Å². The van der Waals surface area contributed by atoms with Gasteiger partial charge in [-0.1, -0.05) is 11.6 Å². The highest BCUT2D eigenvalue weighted by atomic mass is 35.5. The summed E-state index contributed by atoms with van der Waals surface area (Å²) in [5.41, 5.74) is 2.77. The lowest BCUT2D eigenvalue weighted by Crippen LogP contribution is -2.46. The zero-order valence-electron chi connectivity index (χ0n) is 20.2. The van der Waals surface area contributed by atoms with Crippen LogP contribution in [0.25, 0.3) is 10.9 Å². The summed E-state index contributed by atoms with van der Waals surface area (Å²) in [6.07, 6.45) is 4.99. The molecule has 1 unspecified atom stereocenters. The number of anilines is 2. The van der Waals surface area contributed by atoms with E-state index in [0.717, 1.165) is 58.8 Å². The van der Waals surface area contributed by atoms with Crippen LogP contribution in [-0.4, -0.2) is 68.2 Å². The number of hydrogen-bond acceptors (Lipinski definition) is 8. The molecule has 2 N–H and O–H groups in total. The summed E-state index contributed by atoms with van der Waals surface area (Å²) in [6.45, 7) is 8.39. The first-order valence-electron chi connectivity index (χ1n) is 12.0. The maximum absolute atomic E-state index is 10.2. The second-order valence-corrected chi connectivity index (χ2v) is 10.4. The van der Waals surface area contributed by atoms with E-state index in [9.17, 15) is 10.4 Å². The molecule has 0 spiro atoms. The van der Waals surface area contributed by atoms with Crippen LogP contribution < -0.4 is 5.32 Å². The van der Waals surface area contributed by atoms with Crippen LogP contribution in [0.15, 0.2) is 24.5 Å². The lowest BCUT2D eigenvalue weighted by Gasteiger charge is -2.36. The van der Waals surface area contributed by atoms with Gasteiger partial charge in [0.05, 0.1) is 54.5 Å². The summed E-state index contributed by atoms with van der Waals surface area (Å²) in [4.78, 5) is 11.5. The van der Waals surface area contributed by atoms with Crippen LogP contribution in [0.3, 0.4) is 0 Å². The lowest BCUT2D eigenvalue weighted by molar-refractivity contribution is 0.0663. The molecule has 0 amide bonds. The molecule has 2 atom stereocenters. The van der Waals surface area contributed by atoms with Gasteiger partial charge in [0.2, 0.25) is 5.95 Å². The van der Waals surface area contributed by atoms with Crippen molar-refractivity contribution < 1.29 is 9.84 Å². The summed E-state index contributed by atoms with van der Waals surface area (Å²) in [5, 5.41) is 28.8. The Morgan fingerprint density at radius 1 is 1.23 bits per heavy atom. The van der Waals surface area contributed by atoms with Crippen LogP contribution in [-0.2, 0) is 10.3 Å². The van der Waals surface area contributed by atoms with E-state index in [-0.39, 0.29) is 6.04 Å². The van der Waals surface area contributed by atoms with E-state index in [0.29, 0.717) is 25.1 Å². The molecule has 2 aliphatic heterocycles. The molecule has 0 saturated carbocycles. The highest BCUT2D eigenvalue weighted by molar-refractivity contribution is 6.32. The smallest absolute Gasteiger partial charge is 0.227 e. The van der Waals surface area contributed by atoms with Gasteiger partial charge in [0.1, 0.15) is 5.54 Å². The molecule has 9 nitrogen and oxygen atoms in total. The molecule has 1 aromatic carbocycles. The first-order chi connectivity index (χ1) is 16.8. The van der Waals surface area contributed by atoms with E-state index in [4.69, 9.17) is 21.3 Å². The molecule has 5 rings (SSSR count). The van der Waals surface area contributed by atoms with E-state index in [1.54, 1.807) is 17.1 Å². The number of hydrogen-bond donors (Lipinski definition) is 2. The van der Waals surface area contributed by atoms with Crippen molar-refractivity contribution in [3.63, 3.8) is 0 Å². The number of aromatic nitrogens is 4. The first kappa shape index (κ1) is 23.9. The van der Waals surface area contributed by atoms with Crippen LogP contribution in [0.1, 0.15) is 43.9 Å². The maximum atomic E-state index is 10.2. The zero-order valence-corrected chi connectivity index (χ0v) is 21.0. The average molecular weight is 496 g/mol. The molecule has 3 aromatic rings. The number of ether oxygens (including phenoxy) is 1. The zero-order chi connectivity index (χ0) is 24.7. The number of likely N-dealkylation sites (tertiary alicyclic amines) is 1. The number of fused-ring (bicyclic) bond motifs is 1. The maximum Gasteiger partial charge on any atom is 0.227 e. The number of nitrogens with zero attached hydrogens (tertiary/aromatic N) is 6. The lowest BCUT2D eigenvalue weighted by atomic mass is 9.88. The Labute approximate surface area is 209 Å². The molecule has 10 heteroatoms. The fourth-order valence-corrected chi connectivity index (χ4v) is 5.45. The number of aliphatic hydroxyl groups is 1. The number of rotatable bonds is 5. The molecular weight excluding hydrogens is 466 g/mol. The highest BCUT2D eigenvalue weighted by Crippen LogP contribution is 2.36. The molecule has 2 aromatic heterocycles. The van der Waals surface area contributed by atoms with Crippen molar-refractivity contribution in [3.05, 3.63) is 40.8 Å². The predicted octanol–water partition coefficient (Wildman–Crippen LogP) is 3.73. The largest absolute Gasteiger partial charge is 0.389 e. The summed E-state index contributed by atoms with van der Waals surface area (Å²) < 4.78 is 7.13. The average Bonchev–Trinajstić information content (AvgIpc) is 3.44. The van der Waals surface area contributed by atoms with Gasteiger partial charge in [-0.25, -0.2) is 14.6 Å². The van der Waals surface area contributed by atoms with Gasteiger partial charge in [0.25, 0.3) is 0 Å². The van der Waals surface area contributed by atoms with E-state index in [1.807, 2.05) is 26.8 Å². The number of aliphatic hydroxyl groups excluding tert-OH is 1. The van der Waals surface area contributed by atoms with Crippen molar-refractivity contribution in [1.82, 2.24) is 24.6 Å². The molecule has 0 bridgehead atoms. The van der Waals surface area contributed by atoms with Crippen molar-refractivity contribution >= 4 is 34.1 Å². The quantitative estimate of drug-likeness (QED) is 0.550. The van der Waals surface area contributed by atoms with Crippen LogP contribution in [0, 0.1) is 18.3 Å².